The van der Waals surface area contributed by atoms with Crippen molar-refractivity contribution in [2.24, 2.45) is 0 Å². The highest BCUT2D eigenvalue weighted by Crippen LogP contribution is 2.39. The Bertz CT molecular complexity index is 464. The summed E-state index contributed by atoms with van der Waals surface area (Å²) in [4.78, 5) is 10.6. The maximum absolute atomic E-state index is 12.9. The number of rotatable bonds is 3. The number of carbonyl (C=O) groups is 1. The first-order valence-corrected chi connectivity index (χ1v) is 5.49. The summed E-state index contributed by atoms with van der Waals surface area (Å²) in [6, 6.07) is 3.09. The molecule has 0 aliphatic rings. The highest BCUT2D eigenvalue weighted by molar-refractivity contribution is 5.68. The number of aryl methyl sites for hydroxylation is 3. The number of carboxylic acids is 1. The van der Waals surface area contributed by atoms with Crippen LogP contribution in [0.1, 0.15) is 34.6 Å². The van der Waals surface area contributed by atoms with E-state index >= 15 is 0 Å². The van der Waals surface area contributed by atoms with Crippen LogP contribution in [-0.2, 0) is 4.79 Å². The van der Waals surface area contributed by atoms with Gasteiger partial charge in [-0.25, -0.2) is 0 Å². The predicted octanol–water partition coefficient (Wildman–Crippen LogP) is 3.73. The van der Waals surface area contributed by atoms with E-state index < -0.39 is 24.5 Å². The van der Waals surface area contributed by atoms with E-state index in [1.54, 1.807) is 19.9 Å². The Balaban J connectivity index is 3.29. The zero-order valence-corrected chi connectivity index (χ0v) is 10.4. The molecule has 0 bridgehead atoms. The number of benzene rings is 1. The molecule has 1 aromatic carbocycles. The van der Waals surface area contributed by atoms with Gasteiger partial charge in [0.2, 0.25) is 0 Å². The van der Waals surface area contributed by atoms with Crippen LogP contribution in [0.3, 0.4) is 0 Å². The molecule has 1 unspecified atom stereocenters. The fourth-order valence-corrected chi connectivity index (χ4v) is 1.93. The minimum atomic E-state index is -4.55. The molecule has 0 aliphatic carbocycles. The Labute approximate surface area is 103 Å². The van der Waals surface area contributed by atoms with Gasteiger partial charge in [0.25, 0.3) is 0 Å². The highest BCUT2D eigenvalue weighted by atomic mass is 19.4. The summed E-state index contributed by atoms with van der Waals surface area (Å²) in [6.07, 6.45) is -5.49. The van der Waals surface area contributed by atoms with Crippen molar-refractivity contribution in [1.82, 2.24) is 0 Å². The lowest BCUT2D eigenvalue weighted by molar-refractivity contribution is -0.163. The molecule has 5 heteroatoms. The average molecular weight is 260 g/mol. The van der Waals surface area contributed by atoms with Crippen LogP contribution < -0.4 is 0 Å². The molecule has 0 aliphatic heterocycles. The Hall–Kier alpha value is -1.52. The van der Waals surface area contributed by atoms with Crippen LogP contribution >= 0.6 is 0 Å². The molecule has 0 radical (unpaired) electrons. The van der Waals surface area contributed by atoms with E-state index in [0.717, 1.165) is 11.1 Å². The Morgan fingerprint density at radius 2 is 1.67 bits per heavy atom. The molecule has 0 heterocycles. The number of aliphatic carboxylic acids is 1. The summed E-state index contributed by atoms with van der Waals surface area (Å²) in [5.74, 6) is -3.40. The van der Waals surface area contributed by atoms with E-state index in [4.69, 9.17) is 5.11 Å². The molecule has 0 spiro atoms. The predicted molar refractivity (Wildman–Crippen MR) is 61.7 cm³/mol. The van der Waals surface area contributed by atoms with Crippen molar-refractivity contribution in [1.29, 1.82) is 0 Å². The number of carboxylic acid groups (broad SMARTS) is 1. The van der Waals surface area contributed by atoms with Crippen LogP contribution in [0.15, 0.2) is 12.1 Å². The lowest BCUT2D eigenvalue weighted by atomic mass is 9.88. The van der Waals surface area contributed by atoms with Crippen LogP contribution in [-0.4, -0.2) is 17.3 Å². The largest absolute Gasteiger partial charge is 0.481 e. The van der Waals surface area contributed by atoms with Gasteiger partial charge in [-0.15, -0.1) is 0 Å². The first kappa shape index (κ1) is 14.5. The van der Waals surface area contributed by atoms with Crippen molar-refractivity contribution in [3.8, 4) is 0 Å². The van der Waals surface area contributed by atoms with Crippen molar-refractivity contribution in [2.75, 3.05) is 0 Å². The molecular formula is C13H15F3O2. The molecule has 1 aromatic rings. The van der Waals surface area contributed by atoms with E-state index in [2.05, 4.69) is 0 Å². The standard InChI is InChI=1S/C13H15F3O2/c1-7-4-9(3)10(5-8(7)2)11(6-12(17)18)13(14,15)16/h4-5,11H,6H2,1-3H3,(H,17,18). The van der Waals surface area contributed by atoms with Gasteiger partial charge >= 0.3 is 12.1 Å². The maximum Gasteiger partial charge on any atom is 0.396 e. The van der Waals surface area contributed by atoms with Gasteiger partial charge < -0.3 is 5.11 Å². The quantitative estimate of drug-likeness (QED) is 0.899. The summed E-state index contributed by atoms with van der Waals surface area (Å²) in [6.45, 7) is 5.10. The zero-order chi connectivity index (χ0) is 14.1. The topological polar surface area (TPSA) is 37.3 Å². The van der Waals surface area contributed by atoms with E-state index in [1.165, 1.54) is 6.07 Å². The normalized spacial score (nSPS) is 13.4. The number of halogens is 3. The fourth-order valence-electron chi connectivity index (χ4n) is 1.93. The Kier molecular flexibility index (Phi) is 4.04. The zero-order valence-electron chi connectivity index (χ0n) is 10.4. The van der Waals surface area contributed by atoms with Gasteiger partial charge in [-0.1, -0.05) is 12.1 Å². The second-order valence-corrected chi connectivity index (χ2v) is 4.49. The van der Waals surface area contributed by atoms with Crippen LogP contribution in [0.5, 0.6) is 0 Å². The Morgan fingerprint density at radius 3 is 2.11 bits per heavy atom. The van der Waals surface area contributed by atoms with Crippen molar-refractivity contribution in [3.63, 3.8) is 0 Å². The monoisotopic (exact) mass is 260 g/mol. The Morgan fingerprint density at radius 1 is 1.17 bits per heavy atom. The average Bonchev–Trinajstić information content (AvgIpc) is 2.18. The molecule has 0 saturated carbocycles. The summed E-state index contributed by atoms with van der Waals surface area (Å²) in [5.41, 5.74) is 2.15. The molecule has 0 fully saturated rings. The molecule has 0 aromatic heterocycles. The summed E-state index contributed by atoms with van der Waals surface area (Å²) in [5, 5.41) is 8.62. The van der Waals surface area contributed by atoms with Crippen molar-refractivity contribution < 1.29 is 23.1 Å². The number of hydrogen-bond donors (Lipinski definition) is 1. The summed E-state index contributed by atoms with van der Waals surface area (Å²) < 4.78 is 38.7. The highest BCUT2D eigenvalue weighted by Gasteiger charge is 2.42. The second kappa shape index (κ2) is 5.00. The third-order valence-electron chi connectivity index (χ3n) is 3.03. The van der Waals surface area contributed by atoms with Gasteiger partial charge in [0.05, 0.1) is 12.3 Å². The van der Waals surface area contributed by atoms with Crippen molar-refractivity contribution >= 4 is 5.97 Å². The van der Waals surface area contributed by atoms with Crippen LogP contribution in [0, 0.1) is 20.8 Å². The lowest BCUT2D eigenvalue weighted by Gasteiger charge is -2.22. The van der Waals surface area contributed by atoms with Gasteiger partial charge in [0.1, 0.15) is 0 Å². The lowest BCUT2D eigenvalue weighted by Crippen LogP contribution is -2.24. The molecule has 18 heavy (non-hydrogen) atoms. The number of hydrogen-bond acceptors (Lipinski definition) is 1. The maximum atomic E-state index is 12.9. The molecule has 0 saturated heterocycles. The van der Waals surface area contributed by atoms with Crippen LogP contribution in [0.2, 0.25) is 0 Å². The van der Waals surface area contributed by atoms with E-state index in [-0.39, 0.29) is 5.56 Å². The van der Waals surface area contributed by atoms with Gasteiger partial charge in [0, 0.05) is 0 Å². The third-order valence-corrected chi connectivity index (χ3v) is 3.03. The molecule has 1 rings (SSSR count). The first-order valence-electron chi connectivity index (χ1n) is 5.49. The third kappa shape index (κ3) is 3.24. The van der Waals surface area contributed by atoms with Gasteiger partial charge in [0.15, 0.2) is 0 Å². The fraction of sp³-hybridized carbons (Fsp3) is 0.462. The van der Waals surface area contributed by atoms with Gasteiger partial charge in [-0.05, 0) is 43.0 Å². The first-order chi connectivity index (χ1) is 8.12. The van der Waals surface area contributed by atoms with Crippen LogP contribution in [0.4, 0.5) is 13.2 Å². The molecular weight excluding hydrogens is 245 g/mol. The van der Waals surface area contributed by atoms with Gasteiger partial charge in [-0.3, -0.25) is 4.79 Å². The van der Waals surface area contributed by atoms with E-state index in [9.17, 15) is 18.0 Å². The minimum absolute atomic E-state index is 0.0491. The molecule has 2 nitrogen and oxygen atoms in total. The molecule has 1 atom stereocenters. The molecule has 100 valence electrons. The minimum Gasteiger partial charge on any atom is -0.481 e. The van der Waals surface area contributed by atoms with Crippen molar-refractivity contribution in [2.45, 2.75) is 39.3 Å². The summed E-state index contributed by atoms with van der Waals surface area (Å²) in [7, 11) is 0. The van der Waals surface area contributed by atoms with Crippen molar-refractivity contribution in [3.05, 3.63) is 34.4 Å². The molecule has 0 amide bonds. The molecule has 1 N–H and O–H groups in total. The number of alkyl halides is 3. The van der Waals surface area contributed by atoms with E-state index in [1.807, 2.05) is 6.92 Å². The van der Waals surface area contributed by atoms with E-state index in [0.29, 0.717) is 5.56 Å². The van der Waals surface area contributed by atoms with Gasteiger partial charge in [-0.2, -0.15) is 13.2 Å². The second-order valence-electron chi connectivity index (χ2n) is 4.49. The SMILES string of the molecule is Cc1cc(C)c(C(CC(=O)O)C(F)(F)F)cc1C. The van der Waals surface area contributed by atoms with Crippen LogP contribution in [0.25, 0.3) is 0 Å². The summed E-state index contributed by atoms with van der Waals surface area (Å²) >= 11 is 0. The smallest absolute Gasteiger partial charge is 0.396 e.